The Morgan fingerprint density at radius 2 is 2.05 bits per heavy atom. The van der Waals surface area contributed by atoms with Crippen LogP contribution in [0.5, 0.6) is 0 Å². The molecule has 0 fully saturated rings. The number of rotatable bonds is 2. The van der Waals surface area contributed by atoms with Crippen molar-refractivity contribution in [2.75, 3.05) is 7.05 Å². The number of carbonyl (C=O) groups excluding carboxylic acids is 1. The second kappa shape index (κ2) is 4.70. The van der Waals surface area contributed by atoms with Crippen LogP contribution in [-0.4, -0.2) is 38.1 Å². The fraction of sp³-hybridized carbons (Fsp3) is 0.375. The molecule has 0 unspecified atom stereocenters. The fourth-order valence-corrected chi connectivity index (χ4v) is 3.11. The number of amides is 1. The lowest BCUT2D eigenvalue weighted by atomic mass is 9.80. The van der Waals surface area contributed by atoms with Gasteiger partial charge in [-0.1, -0.05) is 18.2 Å². The SMILES string of the molecule is CN1C(=O)c2ccccc2[C@H](n2cncc2CO)C1(C)C. The summed E-state index contributed by atoms with van der Waals surface area (Å²) < 4.78 is 1.96. The van der Waals surface area contributed by atoms with Gasteiger partial charge in [-0.25, -0.2) is 4.98 Å². The summed E-state index contributed by atoms with van der Waals surface area (Å²) in [5.74, 6) is 0.0255. The van der Waals surface area contributed by atoms with Crippen LogP contribution in [-0.2, 0) is 6.61 Å². The molecule has 21 heavy (non-hydrogen) atoms. The Bertz CT molecular complexity index is 690. The van der Waals surface area contributed by atoms with Crippen LogP contribution in [0, 0.1) is 0 Å². The summed E-state index contributed by atoms with van der Waals surface area (Å²) in [6.07, 6.45) is 3.38. The molecule has 0 saturated heterocycles. The number of nitrogens with zero attached hydrogens (tertiary/aromatic N) is 3. The molecule has 1 aromatic heterocycles. The van der Waals surface area contributed by atoms with Gasteiger partial charge < -0.3 is 14.6 Å². The molecule has 5 nitrogen and oxygen atoms in total. The number of hydrogen-bond acceptors (Lipinski definition) is 3. The molecule has 5 heteroatoms. The standard InChI is InChI=1S/C16H19N3O2/c1-16(2)14(19-10-17-8-11(19)9-20)12-6-4-5-7-13(12)15(21)18(16)3/h4-8,10,14,20H,9H2,1-3H3/t14-/m0/s1. The van der Waals surface area contributed by atoms with E-state index in [4.69, 9.17) is 0 Å². The molecule has 1 atom stereocenters. The lowest BCUT2D eigenvalue weighted by molar-refractivity contribution is 0.0483. The average molecular weight is 285 g/mol. The molecule has 110 valence electrons. The lowest BCUT2D eigenvalue weighted by Gasteiger charge is -2.47. The second-order valence-electron chi connectivity index (χ2n) is 5.96. The molecule has 1 aliphatic heterocycles. The van der Waals surface area contributed by atoms with E-state index < -0.39 is 5.54 Å². The summed E-state index contributed by atoms with van der Waals surface area (Å²) in [7, 11) is 1.82. The van der Waals surface area contributed by atoms with Gasteiger partial charge in [0.05, 0.1) is 36.4 Å². The minimum absolute atomic E-state index is 0.0255. The highest BCUT2D eigenvalue weighted by molar-refractivity contribution is 5.97. The van der Waals surface area contributed by atoms with Gasteiger partial charge in [-0.05, 0) is 25.5 Å². The van der Waals surface area contributed by atoms with Gasteiger partial charge in [-0.3, -0.25) is 4.79 Å². The maximum Gasteiger partial charge on any atom is 0.254 e. The highest BCUT2D eigenvalue weighted by Crippen LogP contribution is 2.41. The summed E-state index contributed by atoms with van der Waals surface area (Å²) >= 11 is 0. The maximum absolute atomic E-state index is 12.6. The van der Waals surface area contributed by atoms with Crippen LogP contribution in [0.25, 0.3) is 0 Å². The Balaban J connectivity index is 2.26. The predicted octanol–water partition coefficient (Wildman–Crippen LogP) is 1.83. The van der Waals surface area contributed by atoms with Crippen molar-refractivity contribution in [3.05, 3.63) is 53.6 Å². The molecular formula is C16H19N3O2. The van der Waals surface area contributed by atoms with Gasteiger partial charge >= 0.3 is 0 Å². The zero-order chi connectivity index (χ0) is 15.2. The molecule has 0 saturated carbocycles. The van der Waals surface area contributed by atoms with Crippen LogP contribution in [0.15, 0.2) is 36.8 Å². The van der Waals surface area contributed by atoms with E-state index in [1.807, 2.05) is 49.7 Å². The first-order valence-electron chi connectivity index (χ1n) is 6.97. The van der Waals surface area contributed by atoms with Crippen molar-refractivity contribution >= 4 is 5.91 Å². The summed E-state index contributed by atoms with van der Waals surface area (Å²) in [6, 6.07) is 7.57. The molecule has 2 aromatic rings. The van der Waals surface area contributed by atoms with Crippen molar-refractivity contribution < 1.29 is 9.90 Å². The number of imidazole rings is 1. The molecular weight excluding hydrogens is 266 g/mol. The van der Waals surface area contributed by atoms with E-state index in [0.717, 1.165) is 11.3 Å². The Kier molecular flexibility index (Phi) is 3.10. The number of aromatic nitrogens is 2. The number of likely N-dealkylation sites (N-methyl/N-ethyl adjacent to an activating group) is 1. The van der Waals surface area contributed by atoms with Crippen molar-refractivity contribution in [2.24, 2.45) is 0 Å². The van der Waals surface area contributed by atoms with Gasteiger partial charge in [0.1, 0.15) is 0 Å². The molecule has 0 spiro atoms. The highest BCUT2D eigenvalue weighted by atomic mass is 16.3. The number of hydrogen-bond donors (Lipinski definition) is 1. The Labute approximate surface area is 123 Å². The van der Waals surface area contributed by atoms with E-state index in [9.17, 15) is 9.90 Å². The van der Waals surface area contributed by atoms with Crippen molar-refractivity contribution in [2.45, 2.75) is 32.0 Å². The molecule has 0 radical (unpaired) electrons. The first-order valence-corrected chi connectivity index (χ1v) is 6.97. The first kappa shape index (κ1) is 13.8. The van der Waals surface area contributed by atoms with Crippen LogP contribution in [0.1, 0.15) is 41.5 Å². The Morgan fingerprint density at radius 3 is 2.76 bits per heavy atom. The number of carbonyl (C=O) groups is 1. The summed E-state index contributed by atoms with van der Waals surface area (Å²) in [6.45, 7) is 3.99. The van der Waals surface area contributed by atoms with Crippen molar-refractivity contribution in [1.82, 2.24) is 14.5 Å². The lowest BCUT2D eigenvalue weighted by Crippen LogP contribution is -2.55. The zero-order valence-electron chi connectivity index (χ0n) is 12.4. The summed E-state index contributed by atoms with van der Waals surface area (Å²) in [5, 5.41) is 9.53. The van der Waals surface area contributed by atoms with Gasteiger partial charge in [0.25, 0.3) is 5.91 Å². The van der Waals surface area contributed by atoms with Crippen LogP contribution in [0.2, 0.25) is 0 Å². The van der Waals surface area contributed by atoms with Crippen LogP contribution in [0.3, 0.4) is 0 Å². The maximum atomic E-state index is 12.6. The van der Waals surface area contributed by atoms with Gasteiger partial charge in [-0.2, -0.15) is 0 Å². The number of fused-ring (bicyclic) bond motifs is 1. The molecule has 0 bridgehead atoms. The quantitative estimate of drug-likeness (QED) is 0.916. The van der Waals surface area contributed by atoms with Crippen molar-refractivity contribution in [3.63, 3.8) is 0 Å². The molecule has 2 heterocycles. The summed E-state index contributed by atoms with van der Waals surface area (Å²) in [5.41, 5.74) is 2.00. The number of aliphatic hydroxyl groups is 1. The minimum Gasteiger partial charge on any atom is -0.390 e. The molecule has 3 rings (SSSR count). The molecule has 1 N–H and O–H groups in total. The zero-order valence-corrected chi connectivity index (χ0v) is 12.4. The number of aliphatic hydroxyl groups excluding tert-OH is 1. The second-order valence-corrected chi connectivity index (χ2v) is 5.96. The van der Waals surface area contributed by atoms with E-state index in [-0.39, 0.29) is 18.6 Å². The van der Waals surface area contributed by atoms with E-state index in [1.165, 1.54) is 0 Å². The number of benzene rings is 1. The van der Waals surface area contributed by atoms with Crippen molar-refractivity contribution in [1.29, 1.82) is 0 Å². The third kappa shape index (κ3) is 1.88. The third-order valence-electron chi connectivity index (χ3n) is 4.51. The van der Waals surface area contributed by atoms with Gasteiger partial charge in [-0.15, -0.1) is 0 Å². The average Bonchev–Trinajstić information content (AvgIpc) is 2.93. The van der Waals surface area contributed by atoms with Crippen LogP contribution >= 0.6 is 0 Å². The first-order chi connectivity index (χ1) is 9.98. The monoisotopic (exact) mass is 285 g/mol. The molecule has 1 aliphatic rings. The normalized spacial score (nSPS) is 20.5. The highest BCUT2D eigenvalue weighted by Gasteiger charge is 2.45. The summed E-state index contributed by atoms with van der Waals surface area (Å²) in [4.78, 5) is 18.5. The Hall–Kier alpha value is -2.14. The van der Waals surface area contributed by atoms with Crippen LogP contribution < -0.4 is 0 Å². The van der Waals surface area contributed by atoms with Gasteiger partial charge in [0, 0.05) is 12.6 Å². The van der Waals surface area contributed by atoms with E-state index in [1.54, 1.807) is 17.4 Å². The van der Waals surface area contributed by atoms with Crippen LogP contribution in [0.4, 0.5) is 0 Å². The van der Waals surface area contributed by atoms with Gasteiger partial charge in [0.15, 0.2) is 0 Å². The fourth-order valence-electron chi connectivity index (χ4n) is 3.11. The predicted molar refractivity (Wildman–Crippen MR) is 78.9 cm³/mol. The van der Waals surface area contributed by atoms with Crippen molar-refractivity contribution in [3.8, 4) is 0 Å². The topological polar surface area (TPSA) is 58.4 Å². The van der Waals surface area contributed by atoms with Gasteiger partial charge in [0.2, 0.25) is 0 Å². The van der Waals surface area contributed by atoms with E-state index >= 15 is 0 Å². The molecule has 1 amide bonds. The van der Waals surface area contributed by atoms with E-state index in [2.05, 4.69) is 4.98 Å². The Morgan fingerprint density at radius 1 is 1.33 bits per heavy atom. The minimum atomic E-state index is -0.421. The largest absolute Gasteiger partial charge is 0.390 e. The smallest absolute Gasteiger partial charge is 0.254 e. The molecule has 1 aromatic carbocycles. The van der Waals surface area contributed by atoms with E-state index in [0.29, 0.717) is 5.56 Å². The molecule has 0 aliphatic carbocycles. The third-order valence-corrected chi connectivity index (χ3v) is 4.51.